The van der Waals surface area contributed by atoms with E-state index in [2.05, 4.69) is 10.3 Å². The number of nitrogens with one attached hydrogen (secondary N) is 1. The Morgan fingerprint density at radius 1 is 1.09 bits per heavy atom. The molecular formula is C14H8Cl4N2O3. The molecule has 0 aliphatic carbocycles. The molecule has 1 N–H and O–H groups in total. The highest BCUT2D eigenvalue weighted by Crippen LogP contribution is 2.32. The molecule has 1 aromatic carbocycles. The third-order valence-electron chi connectivity index (χ3n) is 2.60. The van der Waals surface area contributed by atoms with Crippen LogP contribution in [-0.4, -0.2) is 23.5 Å². The standard InChI is InChI=1S/C14H8Cl4N2O3/c15-8-4-10(17)11(5-9(8)16)20-12(21)6-23-14(22)7-2-1-3-19-13(7)18/h1-5H,6H2,(H,20,21). The fourth-order valence-corrected chi connectivity index (χ4v) is 2.34. The summed E-state index contributed by atoms with van der Waals surface area (Å²) >= 11 is 23.3. The van der Waals surface area contributed by atoms with Crippen molar-refractivity contribution in [3.8, 4) is 0 Å². The predicted octanol–water partition coefficient (Wildman–Crippen LogP) is 4.49. The Labute approximate surface area is 151 Å². The average Bonchev–Trinajstić information content (AvgIpc) is 2.51. The Morgan fingerprint density at radius 2 is 1.78 bits per heavy atom. The van der Waals surface area contributed by atoms with Crippen molar-refractivity contribution in [2.24, 2.45) is 0 Å². The molecule has 0 radical (unpaired) electrons. The highest BCUT2D eigenvalue weighted by Gasteiger charge is 2.15. The van der Waals surface area contributed by atoms with Crippen LogP contribution in [-0.2, 0) is 9.53 Å². The average molecular weight is 394 g/mol. The first-order valence-corrected chi connectivity index (χ1v) is 7.61. The Hall–Kier alpha value is -1.53. The van der Waals surface area contributed by atoms with E-state index in [1.165, 1.54) is 30.5 Å². The number of nitrogens with zero attached hydrogens (tertiary/aromatic N) is 1. The van der Waals surface area contributed by atoms with Crippen molar-refractivity contribution in [1.29, 1.82) is 0 Å². The summed E-state index contributed by atoms with van der Waals surface area (Å²) in [5.74, 6) is -1.36. The van der Waals surface area contributed by atoms with E-state index in [0.717, 1.165) is 0 Å². The molecule has 0 atom stereocenters. The normalized spacial score (nSPS) is 10.3. The molecule has 0 spiro atoms. The molecule has 0 aliphatic heterocycles. The highest BCUT2D eigenvalue weighted by molar-refractivity contribution is 6.44. The maximum atomic E-state index is 11.8. The van der Waals surface area contributed by atoms with Crippen molar-refractivity contribution in [2.45, 2.75) is 0 Å². The van der Waals surface area contributed by atoms with Gasteiger partial charge in [0.2, 0.25) is 0 Å². The fourth-order valence-electron chi connectivity index (χ4n) is 1.55. The Bertz CT molecular complexity index is 768. The van der Waals surface area contributed by atoms with Gasteiger partial charge in [0.05, 0.1) is 26.3 Å². The number of benzene rings is 1. The number of aromatic nitrogens is 1. The quantitative estimate of drug-likeness (QED) is 0.472. The molecule has 2 aromatic rings. The summed E-state index contributed by atoms with van der Waals surface area (Å²) in [7, 11) is 0. The van der Waals surface area contributed by atoms with Crippen LogP contribution in [0.3, 0.4) is 0 Å². The number of carbonyl (C=O) groups is 2. The molecule has 9 heteroatoms. The molecule has 0 aliphatic rings. The SMILES string of the molecule is O=C(COC(=O)c1cccnc1Cl)Nc1cc(Cl)c(Cl)cc1Cl. The number of amides is 1. The van der Waals surface area contributed by atoms with Crippen LogP contribution in [0.5, 0.6) is 0 Å². The molecule has 0 fully saturated rings. The minimum Gasteiger partial charge on any atom is -0.452 e. The van der Waals surface area contributed by atoms with Crippen molar-refractivity contribution in [2.75, 3.05) is 11.9 Å². The van der Waals surface area contributed by atoms with Crippen LogP contribution < -0.4 is 5.32 Å². The van der Waals surface area contributed by atoms with Gasteiger partial charge in [-0.2, -0.15) is 0 Å². The Balaban J connectivity index is 1.97. The van der Waals surface area contributed by atoms with Crippen LogP contribution in [0, 0.1) is 0 Å². The van der Waals surface area contributed by atoms with Gasteiger partial charge in [-0.3, -0.25) is 4.79 Å². The van der Waals surface area contributed by atoms with E-state index < -0.39 is 18.5 Å². The molecule has 1 heterocycles. The lowest BCUT2D eigenvalue weighted by Crippen LogP contribution is -2.21. The van der Waals surface area contributed by atoms with Crippen LogP contribution in [0.15, 0.2) is 30.5 Å². The molecule has 0 saturated carbocycles. The van der Waals surface area contributed by atoms with Crippen molar-refractivity contribution < 1.29 is 14.3 Å². The molecule has 0 unspecified atom stereocenters. The van der Waals surface area contributed by atoms with Gasteiger partial charge in [0.15, 0.2) is 6.61 Å². The summed E-state index contributed by atoms with van der Waals surface area (Å²) in [6.07, 6.45) is 1.43. The second kappa shape index (κ2) is 7.84. The predicted molar refractivity (Wildman–Crippen MR) is 89.6 cm³/mol. The summed E-state index contributed by atoms with van der Waals surface area (Å²) in [4.78, 5) is 27.4. The lowest BCUT2D eigenvalue weighted by Gasteiger charge is -2.09. The van der Waals surface area contributed by atoms with Gasteiger partial charge in [-0.05, 0) is 24.3 Å². The summed E-state index contributed by atoms with van der Waals surface area (Å²) in [5, 5.41) is 3.14. The molecule has 1 amide bonds. The van der Waals surface area contributed by atoms with E-state index in [-0.39, 0.29) is 31.5 Å². The van der Waals surface area contributed by atoms with Crippen molar-refractivity contribution in [3.05, 3.63) is 56.2 Å². The maximum Gasteiger partial charge on any atom is 0.341 e. The number of pyridine rings is 1. The lowest BCUT2D eigenvalue weighted by molar-refractivity contribution is -0.119. The van der Waals surface area contributed by atoms with E-state index in [1.54, 1.807) is 0 Å². The zero-order valence-corrected chi connectivity index (χ0v) is 14.3. The number of hydrogen-bond donors (Lipinski definition) is 1. The smallest absolute Gasteiger partial charge is 0.341 e. The van der Waals surface area contributed by atoms with E-state index in [4.69, 9.17) is 51.1 Å². The van der Waals surface area contributed by atoms with Crippen LogP contribution >= 0.6 is 46.4 Å². The number of rotatable bonds is 4. The molecule has 1 aromatic heterocycles. The summed E-state index contributed by atoms with van der Waals surface area (Å²) in [5.41, 5.74) is 0.316. The van der Waals surface area contributed by atoms with Gasteiger partial charge in [-0.1, -0.05) is 46.4 Å². The number of anilines is 1. The Kier molecular flexibility index (Phi) is 6.07. The summed E-state index contributed by atoms with van der Waals surface area (Å²) in [6, 6.07) is 5.75. The van der Waals surface area contributed by atoms with Crippen LogP contribution in [0.4, 0.5) is 5.69 Å². The molecule has 0 bridgehead atoms. The summed E-state index contributed by atoms with van der Waals surface area (Å²) < 4.78 is 4.86. The molecule has 5 nitrogen and oxygen atoms in total. The van der Waals surface area contributed by atoms with Crippen LogP contribution in [0.25, 0.3) is 0 Å². The molecule has 120 valence electrons. The highest BCUT2D eigenvalue weighted by atomic mass is 35.5. The van der Waals surface area contributed by atoms with Crippen LogP contribution in [0.2, 0.25) is 20.2 Å². The molecule has 23 heavy (non-hydrogen) atoms. The second-order valence-corrected chi connectivity index (χ2v) is 5.79. The monoisotopic (exact) mass is 392 g/mol. The van der Waals surface area contributed by atoms with Gasteiger partial charge in [0.1, 0.15) is 5.15 Å². The van der Waals surface area contributed by atoms with Gasteiger partial charge in [-0.25, -0.2) is 9.78 Å². The minimum absolute atomic E-state index is 0.00886. The first-order chi connectivity index (χ1) is 10.9. The maximum absolute atomic E-state index is 11.8. The zero-order valence-electron chi connectivity index (χ0n) is 11.3. The molecule has 2 rings (SSSR count). The Morgan fingerprint density at radius 3 is 2.48 bits per heavy atom. The van der Waals surface area contributed by atoms with Gasteiger partial charge in [0.25, 0.3) is 5.91 Å². The van der Waals surface area contributed by atoms with E-state index in [9.17, 15) is 9.59 Å². The van der Waals surface area contributed by atoms with Gasteiger partial charge < -0.3 is 10.1 Å². The van der Waals surface area contributed by atoms with Gasteiger partial charge >= 0.3 is 5.97 Å². The molecular weight excluding hydrogens is 386 g/mol. The third kappa shape index (κ3) is 4.72. The van der Waals surface area contributed by atoms with Crippen LogP contribution in [0.1, 0.15) is 10.4 Å². The third-order valence-corrected chi connectivity index (χ3v) is 3.93. The van der Waals surface area contributed by atoms with E-state index >= 15 is 0 Å². The first-order valence-electron chi connectivity index (χ1n) is 6.10. The number of esters is 1. The first kappa shape index (κ1) is 17.8. The number of hydrogen-bond acceptors (Lipinski definition) is 4. The lowest BCUT2D eigenvalue weighted by atomic mass is 10.3. The van der Waals surface area contributed by atoms with Crippen molar-refractivity contribution in [3.63, 3.8) is 0 Å². The number of ether oxygens (including phenoxy) is 1. The minimum atomic E-state index is -0.765. The zero-order chi connectivity index (χ0) is 17.0. The number of halogens is 4. The fraction of sp³-hybridized carbons (Fsp3) is 0.0714. The number of carbonyl (C=O) groups excluding carboxylic acids is 2. The summed E-state index contributed by atoms with van der Waals surface area (Å²) in [6.45, 7) is -0.527. The van der Waals surface area contributed by atoms with Crippen molar-refractivity contribution in [1.82, 2.24) is 4.98 Å². The second-order valence-electron chi connectivity index (χ2n) is 4.21. The van der Waals surface area contributed by atoms with E-state index in [1.807, 2.05) is 0 Å². The van der Waals surface area contributed by atoms with E-state index in [0.29, 0.717) is 0 Å². The van der Waals surface area contributed by atoms with Gasteiger partial charge in [0, 0.05) is 6.20 Å². The van der Waals surface area contributed by atoms with Gasteiger partial charge in [-0.15, -0.1) is 0 Å². The largest absolute Gasteiger partial charge is 0.452 e. The topological polar surface area (TPSA) is 68.3 Å². The van der Waals surface area contributed by atoms with Crippen molar-refractivity contribution >= 4 is 64.0 Å². The molecule has 0 saturated heterocycles.